The molecule has 2 aromatic rings. The Morgan fingerprint density at radius 3 is 2.10 bits per heavy atom. The smallest absolute Gasteiger partial charge is 0.131 e. The van der Waals surface area contributed by atoms with E-state index in [-0.39, 0.29) is 12.1 Å². The van der Waals surface area contributed by atoms with Crippen molar-refractivity contribution in [2.24, 2.45) is 5.73 Å². The van der Waals surface area contributed by atoms with Crippen molar-refractivity contribution in [2.75, 3.05) is 6.54 Å². The molecule has 0 aliphatic rings. The minimum Gasteiger partial charge on any atom is -0.388 e. The topological polar surface area (TPSA) is 46.2 Å². The average molecular weight is 299 g/mol. The molecule has 0 saturated heterocycles. The molecule has 3 N–H and O–H groups in total. The number of rotatable bonds is 4. The number of halogens is 4. The summed E-state index contributed by atoms with van der Waals surface area (Å²) in [5.41, 5.74) is 4.80. The zero-order chi connectivity index (χ0) is 15.6. The SMILES string of the molecule is NCC(c1ccc(F)cc1F)C(O)c1c(F)cccc1F. The zero-order valence-corrected chi connectivity index (χ0v) is 10.9. The Labute approximate surface area is 118 Å². The Morgan fingerprint density at radius 2 is 1.57 bits per heavy atom. The van der Waals surface area contributed by atoms with Gasteiger partial charge in [0.2, 0.25) is 0 Å². The molecule has 0 radical (unpaired) electrons. The van der Waals surface area contributed by atoms with E-state index in [4.69, 9.17) is 5.73 Å². The minimum absolute atomic E-state index is 0.103. The number of aliphatic hydroxyl groups is 1. The average Bonchev–Trinajstić information content (AvgIpc) is 2.41. The van der Waals surface area contributed by atoms with E-state index in [9.17, 15) is 22.7 Å². The largest absolute Gasteiger partial charge is 0.388 e. The first kappa shape index (κ1) is 15.5. The first-order valence-corrected chi connectivity index (χ1v) is 6.22. The van der Waals surface area contributed by atoms with E-state index in [1.165, 1.54) is 0 Å². The van der Waals surface area contributed by atoms with Gasteiger partial charge in [-0.1, -0.05) is 12.1 Å². The van der Waals surface area contributed by atoms with Crippen molar-refractivity contribution in [2.45, 2.75) is 12.0 Å². The fourth-order valence-electron chi connectivity index (χ4n) is 2.22. The number of hydrogen-bond acceptors (Lipinski definition) is 2. The zero-order valence-electron chi connectivity index (χ0n) is 10.9. The van der Waals surface area contributed by atoms with Crippen LogP contribution in [0, 0.1) is 23.3 Å². The summed E-state index contributed by atoms with van der Waals surface area (Å²) in [5.74, 6) is -4.73. The van der Waals surface area contributed by atoms with Crippen molar-refractivity contribution >= 4 is 0 Å². The van der Waals surface area contributed by atoms with Crippen LogP contribution in [0.3, 0.4) is 0 Å². The maximum absolute atomic E-state index is 13.8. The third-order valence-corrected chi connectivity index (χ3v) is 3.29. The highest BCUT2D eigenvalue weighted by molar-refractivity contribution is 5.30. The van der Waals surface area contributed by atoms with Crippen LogP contribution in [0.25, 0.3) is 0 Å². The molecule has 0 aliphatic carbocycles. The number of nitrogens with two attached hydrogens (primary N) is 1. The van der Waals surface area contributed by atoms with Gasteiger partial charge in [0, 0.05) is 18.5 Å². The molecule has 0 spiro atoms. The first-order chi connectivity index (χ1) is 9.95. The van der Waals surface area contributed by atoms with E-state index in [1.54, 1.807) is 0 Å². The summed E-state index contributed by atoms with van der Waals surface area (Å²) in [5, 5.41) is 10.2. The van der Waals surface area contributed by atoms with Gasteiger partial charge in [0.15, 0.2) is 0 Å². The summed E-state index contributed by atoms with van der Waals surface area (Å²) in [6.45, 7) is -0.266. The van der Waals surface area contributed by atoms with Crippen LogP contribution < -0.4 is 5.73 Å². The molecule has 0 amide bonds. The molecule has 2 aromatic carbocycles. The maximum atomic E-state index is 13.8. The van der Waals surface area contributed by atoms with Gasteiger partial charge >= 0.3 is 0 Å². The van der Waals surface area contributed by atoms with Gasteiger partial charge in [-0.3, -0.25) is 0 Å². The summed E-state index contributed by atoms with van der Waals surface area (Å²) in [7, 11) is 0. The second kappa shape index (κ2) is 6.24. The molecule has 0 aliphatic heterocycles. The van der Waals surface area contributed by atoms with Crippen molar-refractivity contribution in [3.63, 3.8) is 0 Å². The van der Waals surface area contributed by atoms with Crippen molar-refractivity contribution in [1.29, 1.82) is 0 Å². The van der Waals surface area contributed by atoms with E-state index in [0.29, 0.717) is 6.07 Å². The molecule has 6 heteroatoms. The van der Waals surface area contributed by atoms with Gasteiger partial charge < -0.3 is 10.8 Å². The Kier molecular flexibility index (Phi) is 4.59. The molecule has 2 atom stereocenters. The quantitative estimate of drug-likeness (QED) is 0.853. The maximum Gasteiger partial charge on any atom is 0.131 e. The molecule has 112 valence electrons. The molecule has 21 heavy (non-hydrogen) atoms. The Bertz CT molecular complexity index is 627. The summed E-state index contributed by atoms with van der Waals surface area (Å²) < 4.78 is 54.1. The second-order valence-corrected chi connectivity index (χ2v) is 4.59. The highest BCUT2D eigenvalue weighted by atomic mass is 19.1. The normalized spacial score (nSPS) is 14.0. The molecule has 0 fully saturated rings. The first-order valence-electron chi connectivity index (χ1n) is 6.22. The van der Waals surface area contributed by atoms with Crippen LogP contribution in [0.2, 0.25) is 0 Å². The molecular weight excluding hydrogens is 286 g/mol. The third-order valence-electron chi connectivity index (χ3n) is 3.29. The standard InChI is InChI=1S/C15H13F4NO/c16-8-4-5-9(13(19)6-8)10(7-20)15(21)14-11(17)2-1-3-12(14)18/h1-6,10,15,21H,7,20H2. The van der Waals surface area contributed by atoms with Crippen LogP contribution in [0.5, 0.6) is 0 Å². The molecule has 0 heterocycles. The lowest BCUT2D eigenvalue weighted by Gasteiger charge is -2.23. The predicted molar refractivity (Wildman–Crippen MR) is 69.5 cm³/mol. The van der Waals surface area contributed by atoms with Crippen LogP contribution in [0.4, 0.5) is 17.6 Å². The lowest BCUT2D eigenvalue weighted by molar-refractivity contribution is 0.136. The monoisotopic (exact) mass is 299 g/mol. The molecule has 0 saturated carbocycles. The van der Waals surface area contributed by atoms with Gasteiger partial charge in [0.05, 0.1) is 11.7 Å². The molecule has 0 aromatic heterocycles. The van der Waals surface area contributed by atoms with Crippen molar-refractivity contribution in [1.82, 2.24) is 0 Å². The fraction of sp³-hybridized carbons (Fsp3) is 0.200. The van der Waals surface area contributed by atoms with Gasteiger partial charge in [0.1, 0.15) is 23.3 Å². The Balaban J connectivity index is 2.46. The summed E-state index contributed by atoms with van der Waals surface area (Å²) in [6.07, 6.45) is -1.68. The lowest BCUT2D eigenvalue weighted by atomic mass is 9.88. The number of hydrogen-bond donors (Lipinski definition) is 2. The van der Waals surface area contributed by atoms with Crippen molar-refractivity contribution < 1.29 is 22.7 Å². The summed E-state index contributed by atoms with van der Waals surface area (Å²) in [6, 6.07) is 5.83. The highest BCUT2D eigenvalue weighted by Gasteiger charge is 2.28. The Hall–Kier alpha value is -1.92. The molecular formula is C15H13F4NO. The van der Waals surface area contributed by atoms with E-state index in [2.05, 4.69) is 0 Å². The van der Waals surface area contributed by atoms with Crippen molar-refractivity contribution in [3.05, 3.63) is 70.8 Å². The highest BCUT2D eigenvalue weighted by Crippen LogP contribution is 2.34. The van der Waals surface area contributed by atoms with E-state index in [1.807, 2.05) is 0 Å². The predicted octanol–water partition coefficient (Wildman–Crippen LogP) is 3.02. The molecule has 2 rings (SSSR count). The second-order valence-electron chi connectivity index (χ2n) is 4.59. The van der Waals surface area contributed by atoms with Gasteiger partial charge in [0.25, 0.3) is 0 Å². The minimum atomic E-state index is -1.68. The van der Waals surface area contributed by atoms with Crippen LogP contribution in [0.15, 0.2) is 36.4 Å². The van der Waals surface area contributed by atoms with Crippen LogP contribution >= 0.6 is 0 Å². The summed E-state index contributed by atoms with van der Waals surface area (Å²) >= 11 is 0. The molecule has 2 nitrogen and oxygen atoms in total. The van der Waals surface area contributed by atoms with Gasteiger partial charge in [-0.25, -0.2) is 17.6 Å². The van der Waals surface area contributed by atoms with Gasteiger partial charge in [-0.2, -0.15) is 0 Å². The summed E-state index contributed by atoms with van der Waals surface area (Å²) in [4.78, 5) is 0. The Morgan fingerprint density at radius 1 is 0.952 bits per heavy atom. The van der Waals surface area contributed by atoms with E-state index < -0.39 is 40.9 Å². The van der Waals surface area contributed by atoms with Crippen molar-refractivity contribution in [3.8, 4) is 0 Å². The number of benzene rings is 2. The van der Waals surface area contributed by atoms with E-state index >= 15 is 0 Å². The third kappa shape index (κ3) is 3.06. The van der Waals surface area contributed by atoms with Gasteiger partial charge in [-0.15, -0.1) is 0 Å². The molecule has 0 bridgehead atoms. The lowest BCUT2D eigenvalue weighted by Crippen LogP contribution is -2.23. The van der Waals surface area contributed by atoms with E-state index in [0.717, 1.165) is 30.3 Å². The van der Waals surface area contributed by atoms with Crippen LogP contribution in [-0.4, -0.2) is 11.7 Å². The fourth-order valence-corrected chi connectivity index (χ4v) is 2.22. The van der Waals surface area contributed by atoms with Crippen LogP contribution in [-0.2, 0) is 0 Å². The van der Waals surface area contributed by atoms with Crippen LogP contribution in [0.1, 0.15) is 23.1 Å². The molecule has 2 unspecified atom stereocenters. The van der Waals surface area contributed by atoms with Gasteiger partial charge in [-0.05, 0) is 23.8 Å². The number of aliphatic hydroxyl groups excluding tert-OH is 1.